The molecule has 3 rings (SSSR count). The first kappa shape index (κ1) is 15.4. The number of ether oxygens (including phenoxy) is 2. The average molecular weight is 312 g/mol. The van der Waals surface area contributed by atoms with Crippen LogP contribution in [0.5, 0.6) is 5.75 Å². The number of carbonyl (C=O) groups excluding carboxylic acids is 1. The first-order valence-corrected chi connectivity index (χ1v) is 7.72. The van der Waals surface area contributed by atoms with Gasteiger partial charge in [0.15, 0.2) is 0 Å². The average Bonchev–Trinajstić information content (AvgIpc) is 2.63. The van der Waals surface area contributed by atoms with Crippen molar-refractivity contribution in [3.63, 3.8) is 0 Å². The number of hydrogen-bond donors (Lipinski definition) is 1. The van der Waals surface area contributed by atoms with Gasteiger partial charge in [-0.05, 0) is 29.8 Å². The van der Waals surface area contributed by atoms with Gasteiger partial charge < -0.3 is 19.7 Å². The Morgan fingerprint density at radius 1 is 1.04 bits per heavy atom. The third-order valence-corrected chi connectivity index (χ3v) is 3.65. The van der Waals surface area contributed by atoms with Crippen molar-refractivity contribution in [2.75, 3.05) is 31.6 Å². The highest BCUT2D eigenvalue weighted by Crippen LogP contribution is 2.17. The van der Waals surface area contributed by atoms with Crippen LogP contribution < -0.4 is 10.1 Å². The molecule has 5 heteroatoms. The van der Waals surface area contributed by atoms with Gasteiger partial charge in [-0.2, -0.15) is 0 Å². The third kappa shape index (κ3) is 4.47. The second-order valence-electron chi connectivity index (χ2n) is 5.33. The van der Waals surface area contributed by atoms with Gasteiger partial charge >= 0.3 is 6.03 Å². The molecular weight excluding hydrogens is 292 g/mol. The van der Waals surface area contributed by atoms with Crippen molar-refractivity contribution in [1.29, 1.82) is 0 Å². The maximum absolute atomic E-state index is 12.1. The summed E-state index contributed by atoms with van der Waals surface area (Å²) in [6.45, 7) is 2.98. The molecule has 1 heterocycles. The maximum Gasteiger partial charge on any atom is 0.321 e. The van der Waals surface area contributed by atoms with Crippen molar-refractivity contribution in [2.45, 2.75) is 6.61 Å². The minimum Gasteiger partial charge on any atom is -0.489 e. The zero-order valence-electron chi connectivity index (χ0n) is 12.9. The molecule has 2 aromatic carbocycles. The van der Waals surface area contributed by atoms with E-state index in [1.807, 2.05) is 54.6 Å². The van der Waals surface area contributed by atoms with Crippen molar-refractivity contribution in [2.24, 2.45) is 0 Å². The molecule has 0 saturated carbocycles. The highest BCUT2D eigenvalue weighted by molar-refractivity contribution is 5.89. The standard InChI is InChI=1S/C18H20N2O3/c21-18(20-10-12-22-13-11-20)19-16-6-8-17(9-7-16)23-14-15-4-2-1-3-5-15/h1-9H,10-14H2,(H,19,21). The number of nitrogens with zero attached hydrogens (tertiary/aromatic N) is 1. The summed E-state index contributed by atoms with van der Waals surface area (Å²) < 4.78 is 11.0. The van der Waals surface area contributed by atoms with Gasteiger partial charge in [0.1, 0.15) is 12.4 Å². The molecule has 0 spiro atoms. The van der Waals surface area contributed by atoms with Crippen molar-refractivity contribution in [3.05, 3.63) is 60.2 Å². The minimum absolute atomic E-state index is 0.0914. The molecule has 1 N–H and O–H groups in total. The molecule has 1 aliphatic heterocycles. The van der Waals surface area contributed by atoms with Crippen LogP contribution in [-0.2, 0) is 11.3 Å². The van der Waals surface area contributed by atoms with E-state index < -0.39 is 0 Å². The van der Waals surface area contributed by atoms with Crippen molar-refractivity contribution in [3.8, 4) is 5.75 Å². The summed E-state index contributed by atoms with van der Waals surface area (Å²) in [5.74, 6) is 0.776. The molecule has 1 aliphatic rings. The first-order chi connectivity index (χ1) is 11.3. The number of carbonyl (C=O) groups is 1. The van der Waals surface area contributed by atoms with Crippen LogP contribution in [0.1, 0.15) is 5.56 Å². The predicted molar refractivity (Wildman–Crippen MR) is 88.6 cm³/mol. The van der Waals surface area contributed by atoms with Gasteiger partial charge in [0.25, 0.3) is 0 Å². The van der Waals surface area contributed by atoms with Crippen LogP contribution >= 0.6 is 0 Å². The van der Waals surface area contributed by atoms with Crippen LogP contribution in [0.4, 0.5) is 10.5 Å². The van der Waals surface area contributed by atoms with E-state index in [2.05, 4.69) is 5.32 Å². The SMILES string of the molecule is O=C(Nc1ccc(OCc2ccccc2)cc1)N1CCOCC1. The normalized spacial score (nSPS) is 14.3. The Bertz CT molecular complexity index is 622. The number of amides is 2. The van der Waals surface area contributed by atoms with Gasteiger partial charge in [-0.3, -0.25) is 0 Å². The van der Waals surface area contributed by atoms with Gasteiger partial charge in [-0.15, -0.1) is 0 Å². The molecule has 0 aliphatic carbocycles. The summed E-state index contributed by atoms with van der Waals surface area (Å²) in [5, 5.41) is 2.89. The molecule has 2 amide bonds. The van der Waals surface area contributed by atoms with Gasteiger partial charge in [0, 0.05) is 18.8 Å². The molecule has 0 bridgehead atoms. The van der Waals surface area contributed by atoms with Crippen LogP contribution in [0, 0.1) is 0 Å². The summed E-state index contributed by atoms with van der Waals surface area (Å²) >= 11 is 0. The molecule has 0 unspecified atom stereocenters. The fourth-order valence-corrected chi connectivity index (χ4v) is 2.34. The Morgan fingerprint density at radius 2 is 1.74 bits per heavy atom. The van der Waals surface area contributed by atoms with E-state index in [1.54, 1.807) is 4.90 Å². The summed E-state index contributed by atoms with van der Waals surface area (Å²) in [6.07, 6.45) is 0. The van der Waals surface area contributed by atoms with Crippen LogP contribution in [0.3, 0.4) is 0 Å². The van der Waals surface area contributed by atoms with E-state index in [0.29, 0.717) is 32.9 Å². The highest BCUT2D eigenvalue weighted by atomic mass is 16.5. The van der Waals surface area contributed by atoms with E-state index in [4.69, 9.17) is 9.47 Å². The molecule has 5 nitrogen and oxygen atoms in total. The van der Waals surface area contributed by atoms with Crippen LogP contribution in [0.2, 0.25) is 0 Å². The van der Waals surface area contributed by atoms with Crippen molar-refractivity contribution in [1.82, 2.24) is 4.90 Å². The lowest BCUT2D eigenvalue weighted by Crippen LogP contribution is -2.43. The molecule has 1 saturated heterocycles. The molecule has 120 valence electrons. The van der Waals surface area contributed by atoms with E-state index >= 15 is 0 Å². The molecule has 2 aromatic rings. The zero-order chi connectivity index (χ0) is 15.9. The molecule has 23 heavy (non-hydrogen) atoms. The number of benzene rings is 2. The second-order valence-corrected chi connectivity index (χ2v) is 5.33. The first-order valence-electron chi connectivity index (χ1n) is 7.72. The molecule has 0 aromatic heterocycles. The number of urea groups is 1. The number of rotatable bonds is 4. The van der Waals surface area contributed by atoms with Crippen molar-refractivity contribution >= 4 is 11.7 Å². The summed E-state index contributed by atoms with van der Waals surface area (Å²) in [5.41, 5.74) is 1.88. The van der Waals surface area contributed by atoms with Gasteiger partial charge in [0.2, 0.25) is 0 Å². The van der Waals surface area contributed by atoms with E-state index in [-0.39, 0.29) is 6.03 Å². The number of hydrogen-bond acceptors (Lipinski definition) is 3. The topological polar surface area (TPSA) is 50.8 Å². The van der Waals surface area contributed by atoms with Gasteiger partial charge in [-0.1, -0.05) is 30.3 Å². The quantitative estimate of drug-likeness (QED) is 0.943. The van der Waals surface area contributed by atoms with Crippen LogP contribution in [-0.4, -0.2) is 37.2 Å². The largest absolute Gasteiger partial charge is 0.489 e. The third-order valence-electron chi connectivity index (χ3n) is 3.65. The monoisotopic (exact) mass is 312 g/mol. The summed E-state index contributed by atoms with van der Waals surface area (Å²) in [4.78, 5) is 13.8. The lowest BCUT2D eigenvalue weighted by molar-refractivity contribution is 0.0564. The Morgan fingerprint density at radius 3 is 2.43 bits per heavy atom. The highest BCUT2D eigenvalue weighted by Gasteiger charge is 2.16. The summed E-state index contributed by atoms with van der Waals surface area (Å²) in [7, 11) is 0. The Hall–Kier alpha value is -2.53. The number of nitrogens with one attached hydrogen (secondary N) is 1. The van der Waals surface area contributed by atoms with E-state index in [9.17, 15) is 4.79 Å². The minimum atomic E-state index is -0.0914. The van der Waals surface area contributed by atoms with E-state index in [1.165, 1.54) is 0 Å². The van der Waals surface area contributed by atoms with Gasteiger partial charge in [0.05, 0.1) is 13.2 Å². The fourth-order valence-electron chi connectivity index (χ4n) is 2.34. The van der Waals surface area contributed by atoms with E-state index in [0.717, 1.165) is 17.0 Å². The second kappa shape index (κ2) is 7.65. The zero-order valence-corrected chi connectivity index (χ0v) is 12.9. The van der Waals surface area contributed by atoms with Crippen LogP contribution in [0.15, 0.2) is 54.6 Å². The molecular formula is C18H20N2O3. The maximum atomic E-state index is 12.1. The fraction of sp³-hybridized carbons (Fsp3) is 0.278. The van der Waals surface area contributed by atoms with Crippen molar-refractivity contribution < 1.29 is 14.3 Å². The summed E-state index contributed by atoms with van der Waals surface area (Å²) in [6, 6.07) is 17.3. The molecule has 1 fully saturated rings. The van der Waals surface area contributed by atoms with Gasteiger partial charge in [-0.25, -0.2) is 4.79 Å². The Kier molecular flexibility index (Phi) is 5.11. The predicted octanol–water partition coefficient (Wildman–Crippen LogP) is 3.13. The molecule has 0 radical (unpaired) electrons. The lowest BCUT2D eigenvalue weighted by Gasteiger charge is -2.26. The number of anilines is 1. The molecule has 0 atom stereocenters. The Balaban J connectivity index is 1.51. The Labute approximate surface area is 135 Å². The smallest absolute Gasteiger partial charge is 0.321 e. The number of morpholine rings is 1. The van der Waals surface area contributed by atoms with Crippen LogP contribution in [0.25, 0.3) is 0 Å². The lowest BCUT2D eigenvalue weighted by atomic mass is 10.2.